The highest BCUT2D eigenvalue weighted by atomic mass is 19.4. The molecule has 1 aromatic heterocycles. The number of aliphatic hydroxyl groups is 1. The molecule has 8 heteroatoms. The van der Waals surface area contributed by atoms with Crippen molar-refractivity contribution in [1.29, 1.82) is 0 Å². The van der Waals surface area contributed by atoms with Gasteiger partial charge in [-0.3, -0.25) is 4.79 Å². The molecule has 2 rings (SSSR count). The summed E-state index contributed by atoms with van der Waals surface area (Å²) in [7, 11) is 0. The van der Waals surface area contributed by atoms with E-state index < -0.39 is 29.4 Å². The predicted molar refractivity (Wildman–Crippen MR) is 81.9 cm³/mol. The lowest BCUT2D eigenvalue weighted by atomic mass is 10.1. The van der Waals surface area contributed by atoms with E-state index >= 15 is 0 Å². The Labute approximate surface area is 137 Å². The van der Waals surface area contributed by atoms with Crippen LogP contribution in [0.2, 0.25) is 0 Å². The van der Waals surface area contributed by atoms with Gasteiger partial charge in [-0.2, -0.15) is 18.3 Å². The average Bonchev–Trinajstić information content (AvgIpc) is 2.93. The van der Waals surface area contributed by atoms with Gasteiger partial charge in [0.05, 0.1) is 17.4 Å². The van der Waals surface area contributed by atoms with E-state index in [2.05, 4.69) is 10.4 Å². The molecule has 130 valence electrons. The fourth-order valence-electron chi connectivity index (χ4n) is 2.24. The summed E-state index contributed by atoms with van der Waals surface area (Å²) in [4.78, 5) is 12.2. The standard InChI is InChI=1S/C16H18F3N3O2/c1-10-3-5-12(6-4-10)22-14(16(17,18)19)13(9-20-22)15(24)21-11(2)7-8-23/h3-6,9,11,23H,7-8H2,1-2H3,(H,21,24)/t11-/m1/s1. The summed E-state index contributed by atoms with van der Waals surface area (Å²) < 4.78 is 41.1. The van der Waals surface area contributed by atoms with E-state index in [0.717, 1.165) is 11.8 Å². The van der Waals surface area contributed by atoms with E-state index in [4.69, 9.17) is 5.11 Å². The molecule has 0 saturated carbocycles. The summed E-state index contributed by atoms with van der Waals surface area (Å²) in [6, 6.07) is 5.90. The fraction of sp³-hybridized carbons (Fsp3) is 0.375. The van der Waals surface area contributed by atoms with Gasteiger partial charge in [-0.05, 0) is 32.4 Å². The summed E-state index contributed by atoms with van der Waals surface area (Å²) in [6.45, 7) is 3.25. The SMILES string of the molecule is Cc1ccc(-n2ncc(C(=O)N[C@H](C)CCO)c2C(F)(F)F)cc1. The quantitative estimate of drug-likeness (QED) is 0.879. The van der Waals surface area contributed by atoms with Crippen LogP contribution in [0.25, 0.3) is 5.69 Å². The number of nitrogens with one attached hydrogen (secondary N) is 1. The van der Waals surface area contributed by atoms with Gasteiger partial charge in [-0.1, -0.05) is 17.7 Å². The summed E-state index contributed by atoms with van der Waals surface area (Å²) in [5, 5.41) is 15.0. The van der Waals surface area contributed by atoms with Gasteiger partial charge in [0.15, 0.2) is 5.69 Å². The van der Waals surface area contributed by atoms with Crippen LogP contribution in [0, 0.1) is 6.92 Å². The number of aryl methyl sites for hydroxylation is 1. The zero-order valence-corrected chi connectivity index (χ0v) is 13.3. The van der Waals surface area contributed by atoms with Crippen LogP contribution in [0.4, 0.5) is 13.2 Å². The van der Waals surface area contributed by atoms with E-state index in [0.29, 0.717) is 4.68 Å². The van der Waals surface area contributed by atoms with Crippen molar-refractivity contribution in [3.8, 4) is 5.69 Å². The Balaban J connectivity index is 2.43. The topological polar surface area (TPSA) is 67.2 Å². The van der Waals surface area contributed by atoms with Crippen LogP contribution in [0.15, 0.2) is 30.5 Å². The van der Waals surface area contributed by atoms with E-state index in [1.165, 1.54) is 12.1 Å². The van der Waals surface area contributed by atoms with E-state index in [9.17, 15) is 18.0 Å². The maximum Gasteiger partial charge on any atom is 0.434 e. The van der Waals surface area contributed by atoms with Gasteiger partial charge in [0.25, 0.3) is 5.91 Å². The molecule has 2 N–H and O–H groups in total. The Bertz CT molecular complexity index is 708. The highest BCUT2D eigenvalue weighted by Crippen LogP contribution is 2.33. The number of aliphatic hydroxyl groups excluding tert-OH is 1. The second kappa shape index (κ2) is 7.04. The van der Waals surface area contributed by atoms with Crippen LogP contribution >= 0.6 is 0 Å². The number of alkyl halides is 3. The predicted octanol–water partition coefficient (Wildman–Crippen LogP) is 2.70. The minimum absolute atomic E-state index is 0.170. The number of aromatic nitrogens is 2. The fourth-order valence-corrected chi connectivity index (χ4v) is 2.24. The molecule has 0 radical (unpaired) electrons. The molecule has 0 fully saturated rings. The highest BCUT2D eigenvalue weighted by Gasteiger charge is 2.40. The highest BCUT2D eigenvalue weighted by molar-refractivity contribution is 5.95. The number of amides is 1. The first-order chi connectivity index (χ1) is 11.2. The molecular formula is C16H18F3N3O2. The molecule has 0 bridgehead atoms. The summed E-state index contributed by atoms with van der Waals surface area (Å²) >= 11 is 0. The first kappa shape index (κ1) is 18.0. The Morgan fingerprint density at radius 2 is 1.96 bits per heavy atom. The monoisotopic (exact) mass is 341 g/mol. The molecular weight excluding hydrogens is 323 g/mol. The van der Waals surface area contributed by atoms with Crippen molar-refractivity contribution in [2.75, 3.05) is 6.61 Å². The molecule has 0 aliphatic carbocycles. The molecule has 0 unspecified atom stereocenters. The van der Waals surface area contributed by atoms with Crippen molar-refractivity contribution in [3.63, 3.8) is 0 Å². The van der Waals surface area contributed by atoms with Crippen molar-refractivity contribution in [3.05, 3.63) is 47.3 Å². The van der Waals surface area contributed by atoms with Gasteiger partial charge in [0.1, 0.15) is 0 Å². The molecule has 0 saturated heterocycles. The molecule has 2 aromatic rings. The third-order valence-electron chi connectivity index (χ3n) is 3.50. The number of carbonyl (C=O) groups is 1. The Morgan fingerprint density at radius 1 is 1.33 bits per heavy atom. The summed E-state index contributed by atoms with van der Waals surface area (Å²) in [6.07, 6.45) is -3.59. The molecule has 0 spiro atoms. The molecule has 1 heterocycles. The maximum atomic E-state index is 13.5. The summed E-state index contributed by atoms with van der Waals surface area (Å²) in [5.41, 5.74) is -0.557. The summed E-state index contributed by atoms with van der Waals surface area (Å²) in [5.74, 6) is -0.873. The second-order valence-corrected chi connectivity index (χ2v) is 5.54. The van der Waals surface area contributed by atoms with Gasteiger partial charge in [0.2, 0.25) is 0 Å². The second-order valence-electron chi connectivity index (χ2n) is 5.54. The van der Waals surface area contributed by atoms with Crippen LogP contribution in [0.3, 0.4) is 0 Å². The van der Waals surface area contributed by atoms with Crippen molar-refractivity contribution < 1.29 is 23.1 Å². The number of benzene rings is 1. The molecule has 1 atom stereocenters. The van der Waals surface area contributed by atoms with Gasteiger partial charge in [-0.25, -0.2) is 4.68 Å². The first-order valence-electron chi connectivity index (χ1n) is 7.38. The van der Waals surface area contributed by atoms with Gasteiger partial charge in [-0.15, -0.1) is 0 Å². The zero-order valence-electron chi connectivity index (χ0n) is 13.3. The van der Waals surface area contributed by atoms with E-state index in [-0.39, 0.29) is 18.7 Å². The van der Waals surface area contributed by atoms with Crippen LogP contribution in [0.5, 0.6) is 0 Å². The normalized spacial score (nSPS) is 12.9. The maximum absolute atomic E-state index is 13.5. The lowest BCUT2D eigenvalue weighted by Crippen LogP contribution is -2.34. The Kier molecular flexibility index (Phi) is 5.28. The molecule has 0 aliphatic heterocycles. The zero-order chi connectivity index (χ0) is 17.9. The van der Waals surface area contributed by atoms with Gasteiger partial charge >= 0.3 is 6.18 Å². The lowest BCUT2D eigenvalue weighted by molar-refractivity contribution is -0.143. The van der Waals surface area contributed by atoms with Crippen LogP contribution in [0.1, 0.15) is 35.0 Å². The van der Waals surface area contributed by atoms with Gasteiger partial charge in [0, 0.05) is 12.6 Å². The molecule has 1 aromatic carbocycles. The number of rotatable bonds is 5. The first-order valence-corrected chi connectivity index (χ1v) is 7.38. The lowest BCUT2D eigenvalue weighted by Gasteiger charge is -2.15. The minimum atomic E-state index is -4.74. The van der Waals surface area contributed by atoms with E-state index in [1.54, 1.807) is 19.1 Å². The smallest absolute Gasteiger partial charge is 0.396 e. The number of nitrogens with zero attached hydrogens (tertiary/aromatic N) is 2. The molecule has 1 amide bonds. The van der Waals surface area contributed by atoms with Gasteiger partial charge < -0.3 is 10.4 Å². The van der Waals surface area contributed by atoms with Crippen LogP contribution in [-0.2, 0) is 6.18 Å². The van der Waals surface area contributed by atoms with Crippen molar-refractivity contribution in [2.24, 2.45) is 0 Å². The largest absolute Gasteiger partial charge is 0.434 e. The Hall–Kier alpha value is -2.35. The molecule has 5 nitrogen and oxygen atoms in total. The van der Waals surface area contributed by atoms with Crippen molar-refractivity contribution in [1.82, 2.24) is 15.1 Å². The Morgan fingerprint density at radius 3 is 2.50 bits per heavy atom. The molecule has 24 heavy (non-hydrogen) atoms. The third-order valence-corrected chi connectivity index (χ3v) is 3.50. The van der Waals surface area contributed by atoms with Crippen molar-refractivity contribution >= 4 is 5.91 Å². The van der Waals surface area contributed by atoms with E-state index in [1.807, 2.05) is 6.92 Å². The third kappa shape index (κ3) is 3.94. The number of halogens is 3. The number of hydrogen-bond acceptors (Lipinski definition) is 3. The van der Waals surface area contributed by atoms with Crippen molar-refractivity contribution in [2.45, 2.75) is 32.5 Å². The number of carbonyl (C=O) groups excluding carboxylic acids is 1. The van der Waals surface area contributed by atoms with Crippen LogP contribution < -0.4 is 5.32 Å². The molecule has 0 aliphatic rings. The van der Waals surface area contributed by atoms with Crippen LogP contribution in [-0.4, -0.2) is 33.4 Å². The minimum Gasteiger partial charge on any atom is -0.396 e. The number of hydrogen-bond donors (Lipinski definition) is 2. The average molecular weight is 341 g/mol.